The molecule has 0 heterocycles. The van der Waals surface area contributed by atoms with Gasteiger partial charge >= 0.3 is 0 Å². The zero-order chi connectivity index (χ0) is 10.8. The third kappa shape index (κ3) is 2.31. The highest BCUT2D eigenvalue weighted by molar-refractivity contribution is 6.36. The van der Waals surface area contributed by atoms with Crippen molar-refractivity contribution >= 4 is 23.2 Å². The van der Waals surface area contributed by atoms with Crippen molar-refractivity contribution in [1.29, 1.82) is 0 Å². The van der Waals surface area contributed by atoms with Crippen LogP contribution < -0.4 is 0 Å². The van der Waals surface area contributed by atoms with Gasteiger partial charge in [-0.15, -0.1) is 0 Å². The Morgan fingerprint density at radius 3 is 2.13 bits per heavy atom. The van der Waals surface area contributed by atoms with Crippen LogP contribution in [0.3, 0.4) is 0 Å². The maximum Gasteiger partial charge on any atom is 0.123 e. The fourth-order valence-electron chi connectivity index (χ4n) is 1.35. The first kappa shape index (κ1) is 10.5. The molecule has 0 aromatic heterocycles. The molecule has 0 radical (unpaired) electrons. The van der Waals surface area contributed by atoms with Gasteiger partial charge in [0.2, 0.25) is 0 Å². The molecule has 15 heavy (non-hydrogen) atoms. The summed E-state index contributed by atoms with van der Waals surface area (Å²) in [5, 5.41) is 1.15. The molecule has 0 bridgehead atoms. The van der Waals surface area contributed by atoms with Crippen molar-refractivity contribution in [2.75, 3.05) is 0 Å². The largest absolute Gasteiger partial charge is 0.207 e. The van der Waals surface area contributed by atoms with E-state index in [9.17, 15) is 4.39 Å². The molecule has 2 aromatic carbocycles. The number of halogens is 3. The quantitative estimate of drug-likeness (QED) is 0.672. The second kappa shape index (κ2) is 4.21. The predicted octanol–water partition coefficient (Wildman–Crippen LogP) is 4.80. The topological polar surface area (TPSA) is 0 Å². The van der Waals surface area contributed by atoms with Gasteiger partial charge in [0.25, 0.3) is 0 Å². The van der Waals surface area contributed by atoms with E-state index in [0.29, 0.717) is 10.0 Å². The molecule has 2 rings (SSSR count). The fraction of sp³-hybridized carbons (Fsp3) is 0. The van der Waals surface area contributed by atoms with Crippen molar-refractivity contribution in [3.8, 4) is 11.1 Å². The van der Waals surface area contributed by atoms with Crippen LogP contribution >= 0.6 is 23.2 Å². The smallest absolute Gasteiger partial charge is 0.123 e. The minimum absolute atomic E-state index is 0.260. The first-order valence-electron chi connectivity index (χ1n) is 4.38. The Morgan fingerprint density at radius 1 is 0.867 bits per heavy atom. The van der Waals surface area contributed by atoms with Crippen LogP contribution in [0.2, 0.25) is 10.0 Å². The summed E-state index contributed by atoms with van der Waals surface area (Å²) in [6.45, 7) is 0. The maximum absolute atomic E-state index is 12.7. The van der Waals surface area contributed by atoms with Gasteiger partial charge in [-0.25, -0.2) is 4.39 Å². The summed E-state index contributed by atoms with van der Waals surface area (Å²) in [4.78, 5) is 0. The van der Waals surface area contributed by atoms with Crippen molar-refractivity contribution in [2.24, 2.45) is 0 Å². The minimum atomic E-state index is -0.260. The second-order valence-corrected chi connectivity index (χ2v) is 3.97. The van der Waals surface area contributed by atoms with E-state index in [1.807, 2.05) is 6.07 Å². The van der Waals surface area contributed by atoms with Gasteiger partial charge < -0.3 is 0 Å². The first-order chi connectivity index (χ1) is 7.16. The van der Waals surface area contributed by atoms with Crippen LogP contribution in [-0.4, -0.2) is 0 Å². The molecule has 0 aliphatic heterocycles. The molecule has 0 amide bonds. The first-order valence-corrected chi connectivity index (χ1v) is 5.13. The summed E-state index contributed by atoms with van der Waals surface area (Å²) in [6, 6.07) is 11.4. The Labute approximate surface area is 97.3 Å². The lowest BCUT2D eigenvalue weighted by atomic mass is 10.1. The number of benzene rings is 2. The van der Waals surface area contributed by atoms with Crippen LogP contribution in [-0.2, 0) is 0 Å². The van der Waals surface area contributed by atoms with Gasteiger partial charge in [-0.3, -0.25) is 0 Å². The van der Waals surface area contributed by atoms with E-state index >= 15 is 0 Å². The van der Waals surface area contributed by atoms with E-state index in [0.717, 1.165) is 11.1 Å². The van der Waals surface area contributed by atoms with Crippen molar-refractivity contribution in [3.63, 3.8) is 0 Å². The van der Waals surface area contributed by atoms with Crippen LogP contribution in [0.4, 0.5) is 4.39 Å². The molecule has 0 aliphatic carbocycles. The normalized spacial score (nSPS) is 10.3. The van der Waals surface area contributed by atoms with Crippen molar-refractivity contribution in [1.82, 2.24) is 0 Å². The van der Waals surface area contributed by atoms with Gasteiger partial charge in [0, 0.05) is 15.6 Å². The highest BCUT2D eigenvalue weighted by atomic mass is 35.5. The van der Waals surface area contributed by atoms with Crippen LogP contribution in [0.15, 0.2) is 42.5 Å². The summed E-state index contributed by atoms with van der Waals surface area (Å²) in [5.41, 5.74) is 1.72. The predicted molar refractivity (Wildman–Crippen MR) is 61.9 cm³/mol. The monoisotopic (exact) mass is 240 g/mol. The number of hydrogen-bond donors (Lipinski definition) is 0. The highest BCUT2D eigenvalue weighted by Gasteiger charge is 2.03. The minimum Gasteiger partial charge on any atom is -0.207 e. The van der Waals surface area contributed by atoms with Gasteiger partial charge in [0.05, 0.1) is 0 Å². The van der Waals surface area contributed by atoms with Crippen LogP contribution in [0, 0.1) is 5.82 Å². The Balaban J connectivity index is 2.49. The summed E-state index contributed by atoms with van der Waals surface area (Å²) >= 11 is 11.8. The molecular formula is C12H7Cl2F. The standard InChI is InChI=1S/C12H7Cl2F/c13-9-3-6-11(12(14)7-9)8-1-4-10(15)5-2-8/h1-7H. The molecule has 0 aliphatic rings. The van der Waals surface area contributed by atoms with E-state index in [1.165, 1.54) is 12.1 Å². The molecule has 0 saturated carbocycles. The van der Waals surface area contributed by atoms with E-state index in [1.54, 1.807) is 24.3 Å². The van der Waals surface area contributed by atoms with Gasteiger partial charge in [0.15, 0.2) is 0 Å². The van der Waals surface area contributed by atoms with E-state index in [2.05, 4.69) is 0 Å². The maximum atomic E-state index is 12.7. The molecule has 0 saturated heterocycles. The fourth-order valence-corrected chi connectivity index (χ4v) is 1.87. The molecule has 2 aromatic rings. The summed E-state index contributed by atoms with van der Waals surface area (Å²) in [5.74, 6) is -0.260. The third-order valence-corrected chi connectivity index (χ3v) is 2.63. The molecule has 0 atom stereocenters. The Hall–Kier alpha value is -1.05. The summed E-state index contributed by atoms with van der Waals surface area (Å²) in [6.07, 6.45) is 0. The second-order valence-electron chi connectivity index (χ2n) is 3.13. The average molecular weight is 241 g/mol. The van der Waals surface area contributed by atoms with Crippen molar-refractivity contribution in [3.05, 3.63) is 58.3 Å². The summed E-state index contributed by atoms with van der Waals surface area (Å²) in [7, 11) is 0. The number of hydrogen-bond acceptors (Lipinski definition) is 0. The van der Waals surface area contributed by atoms with Crippen molar-refractivity contribution < 1.29 is 4.39 Å². The van der Waals surface area contributed by atoms with E-state index in [4.69, 9.17) is 23.2 Å². The third-order valence-electron chi connectivity index (χ3n) is 2.09. The Morgan fingerprint density at radius 2 is 1.53 bits per heavy atom. The SMILES string of the molecule is Fc1ccc(-c2ccc(Cl)cc2Cl)cc1. The van der Waals surface area contributed by atoms with Gasteiger partial charge in [-0.1, -0.05) is 41.4 Å². The summed E-state index contributed by atoms with van der Waals surface area (Å²) < 4.78 is 12.7. The van der Waals surface area contributed by atoms with Crippen LogP contribution in [0.5, 0.6) is 0 Å². The molecular weight excluding hydrogens is 234 g/mol. The lowest BCUT2D eigenvalue weighted by molar-refractivity contribution is 0.628. The average Bonchev–Trinajstić information content (AvgIpc) is 2.20. The highest BCUT2D eigenvalue weighted by Crippen LogP contribution is 2.30. The van der Waals surface area contributed by atoms with Gasteiger partial charge in [-0.2, -0.15) is 0 Å². The molecule has 3 heteroatoms. The Bertz CT molecular complexity index is 477. The zero-order valence-corrected chi connectivity index (χ0v) is 9.19. The number of rotatable bonds is 1. The van der Waals surface area contributed by atoms with Crippen LogP contribution in [0.1, 0.15) is 0 Å². The molecule has 76 valence electrons. The van der Waals surface area contributed by atoms with E-state index < -0.39 is 0 Å². The van der Waals surface area contributed by atoms with Crippen molar-refractivity contribution in [2.45, 2.75) is 0 Å². The van der Waals surface area contributed by atoms with Gasteiger partial charge in [-0.05, 0) is 29.8 Å². The molecule has 0 unspecified atom stereocenters. The molecule has 0 fully saturated rings. The lowest BCUT2D eigenvalue weighted by Crippen LogP contribution is -1.80. The zero-order valence-electron chi connectivity index (χ0n) is 7.68. The van der Waals surface area contributed by atoms with Crippen LogP contribution in [0.25, 0.3) is 11.1 Å². The molecule has 0 nitrogen and oxygen atoms in total. The van der Waals surface area contributed by atoms with Gasteiger partial charge in [0.1, 0.15) is 5.82 Å². The molecule has 0 N–H and O–H groups in total. The molecule has 0 spiro atoms. The lowest BCUT2D eigenvalue weighted by Gasteiger charge is -2.04. The van der Waals surface area contributed by atoms with E-state index in [-0.39, 0.29) is 5.82 Å². The Kier molecular flexibility index (Phi) is 2.94.